The van der Waals surface area contributed by atoms with Gasteiger partial charge in [0, 0.05) is 12.6 Å². The lowest BCUT2D eigenvalue weighted by Crippen LogP contribution is -2.15. The number of benzene rings is 3. The van der Waals surface area contributed by atoms with Gasteiger partial charge in [-0.25, -0.2) is 13.8 Å². The third-order valence-corrected chi connectivity index (χ3v) is 6.20. The van der Waals surface area contributed by atoms with Crippen molar-refractivity contribution in [2.45, 2.75) is 24.7 Å². The average Bonchev–Trinajstić information content (AvgIpc) is 2.80. The Kier molecular flexibility index (Phi) is 7.78. The molecule has 0 bridgehead atoms. The SMILES string of the molecule is CCCCNc1cc(C(=O)O)cc(S(=N)(=O)Nc2cccc(OC)c2)c1Oc1ccccc1. The molecule has 4 N–H and O–H groups in total. The lowest BCUT2D eigenvalue weighted by Gasteiger charge is -2.20. The zero-order valence-electron chi connectivity index (χ0n) is 18.5. The van der Waals surface area contributed by atoms with Gasteiger partial charge >= 0.3 is 5.97 Å². The molecule has 0 saturated carbocycles. The highest BCUT2D eigenvalue weighted by Crippen LogP contribution is 2.39. The summed E-state index contributed by atoms with van der Waals surface area (Å²) in [6.07, 6.45) is 1.77. The number of carboxylic acids is 1. The Labute approximate surface area is 193 Å². The van der Waals surface area contributed by atoms with Gasteiger partial charge in [0.15, 0.2) is 15.7 Å². The molecule has 0 aliphatic carbocycles. The van der Waals surface area contributed by atoms with E-state index in [1.165, 1.54) is 19.2 Å². The van der Waals surface area contributed by atoms with Crippen LogP contribution in [0.4, 0.5) is 11.4 Å². The minimum Gasteiger partial charge on any atom is -0.497 e. The lowest BCUT2D eigenvalue weighted by atomic mass is 10.1. The number of anilines is 2. The average molecular weight is 470 g/mol. The van der Waals surface area contributed by atoms with Crippen LogP contribution in [0.15, 0.2) is 71.6 Å². The maximum absolute atomic E-state index is 13.6. The van der Waals surface area contributed by atoms with Crippen molar-refractivity contribution < 1.29 is 23.6 Å². The van der Waals surface area contributed by atoms with Crippen molar-refractivity contribution in [3.63, 3.8) is 0 Å². The molecule has 3 aromatic carbocycles. The molecule has 0 aliphatic heterocycles. The van der Waals surface area contributed by atoms with Crippen LogP contribution in [0, 0.1) is 4.78 Å². The van der Waals surface area contributed by atoms with Crippen LogP contribution in [-0.2, 0) is 9.92 Å². The highest BCUT2D eigenvalue weighted by Gasteiger charge is 2.24. The van der Waals surface area contributed by atoms with Gasteiger partial charge in [0.25, 0.3) is 0 Å². The number of nitrogens with one attached hydrogen (secondary N) is 3. The van der Waals surface area contributed by atoms with Gasteiger partial charge in [-0.15, -0.1) is 0 Å². The Morgan fingerprint density at radius 2 is 1.79 bits per heavy atom. The molecular formula is C24H27N3O5S. The Morgan fingerprint density at radius 1 is 1.06 bits per heavy atom. The molecular weight excluding hydrogens is 442 g/mol. The molecule has 0 spiro atoms. The zero-order chi connectivity index (χ0) is 23.8. The first kappa shape index (κ1) is 23.9. The summed E-state index contributed by atoms with van der Waals surface area (Å²) in [5.74, 6) is -0.0653. The molecule has 174 valence electrons. The maximum atomic E-state index is 13.6. The monoisotopic (exact) mass is 469 g/mol. The number of carbonyl (C=O) groups is 1. The molecule has 3 aromatic rings. The number of rotatable bonds is 11. The Hall–Kier alpha value is -3.72. The first-order valence-corrected chi connectivity index (χ1v) is 12.0. The highest BCUT2D eigenvalue weighted by atomic mass is 32.2. The smallest absolute Gasteiger partial charge is 0.335 e. The van der Waals surface area contributed by atoms with E-state index in [2.05, 4.69) is 10.0 Å². The predicted molar refractivity (Wildman–Crippen MR) is 129 cm³/mol. The second-order valence-corrected chi connectivity index (χ2v) is 9.00. The molecule has 0 fully saturated rings. The second kappa shape index (κ2) is 10.7. The first-order chi connectivity index (χ1) is 15.8. The summed E-state index contributed by atoms with van der Waals surface area (Å²) in [6.45, 7) is 2.60. The van der Waals surface area contributed by atoms with Crippen LogP contribution >= 0.6 is 0 Å². The van der Waals surface area contributed by atoms with E-state index in [-0.39, 0.29) is 16.2 Å². The number of para-hydroxylation sites is 1. The standard InChI is InChI=1S/C24H27N3O5S/c1-3-4-13-26-21-14-17(24(28)29)15-22(23(21)32-19-10-6-5-7-11-19)33(25,30)27-18-9-8-12-20(16-18)31-2/h5-12,14-16,26H,3-4,13H2,1-2H3,(H,28,29)(H2,25,27,30). The van der Waals surface area contributed by atoms with Crippen LogP contribution in [0.3, 0.4) is 0 Å². The zero-order valence-corrected chi connectivity index (χ0v) is 19.3. The van der Waals surface area contributed by atoms with Crippen molar-refractivity contribution in [1.29, 1.82) is 4.78 Å². The highest BCUT2D eigenvalue weighted by molar-refractivity contribution is 7.93. The van der Waals surface area contributed by atoms with Gasteiger partial charge in [-0.2, -0.15) is 0 Å². The van der Waals surface area contributed by atoms with Crippen molar-refractivity contribution in [2.24, 2.45) is 0 Å². The van der Waals surface area contributed by atoms with E-state index in [4.69, 9.17) is 14.3 Å². The summed E-state index contributed by atoms with van der Waals surface area (Å²) in [5.41, 5.74) is 0.646. The number of methoxy groups -OCH3 is 1. The summed E-state index contributed by atoms with van der Waals surface area (Å²) in [5, 5.41) is 12.8. The van der Waals surface area contributed by atoms with Crippen molar-refractivity contribution in [2.75, 3.05) is 23.7 Å². The van der Waals surface area contributed by atoms with Crippen LogP contribution in [-0.4, -0.2) is 28.9 Å². The van der Waals surface area contributed by atoms with E-state index in [1.54, 1.807) is 48.5 Å². The molecule has 0 aromatic heterocycles. The number of aromatic carboxylic acids is 1. The quantitative estimate of drug-likeness (QED) is 0.262. The molecule has 9 heteroatoms. The fourth-order valence-corrected chi connectivity index (χ4v) is 4.36. The van der Waals surface area contributed by atoms with Crippen LogP contribution in [0.5, 0.6) is 17.2 Å². The van der Waals surface area contributed by atoms with E-state index in [1.807, 2.05) is 13.0 Å². The molecule has 0 aliphatic rings. The van der Waals surface area contributed by atoms with E-state index >= 15 is 0 Å². The number of ether oxygens (including phenoxy) is 2. The summed E-state index contributed by atoms with van der Waals surface area (Å²) in [6, 6.07) is 18.2. The molecule has 0 heterocycles. The van der Waals surface area contributed by atoms with Crippen LogP contribution < -0.4 is 19.5 Å². The molecule has 33 heavy (non-hydrogen) atoms. The van der Waals surface area contributed by atoms with Crippen molar-refractivity contribution >= 4 is 27.3 Å². The van der Waals surface area contributed by atoms with Gasteiger partial charge in [0.2, 0.25) is 0 Å². The van der Waals surface area contributed by atoms with Crippen molar-refractivity contribution in [1.82, 2.24) is 0 Å². The van der Waals surface area contributed by atoms with Gasteiger partial charge in [-0.1, -0.05) is 37.6 Å². The molecule has 0 radical (unpaired) electrons. The Bertz CT molecular complexity index is 1210. The number of carboxylic acid groups (broad SMARTS) is 1. The third-order valence-electron chi connectivity index (χ3n) is 4.75. The Morgan fingerprint density at radius 3 is 2.45 bits per heavy atom. The fourth-order valence-electron chi connectivity index (χ4n) is 3.09. The minimum atomic E-state index is -3.73. The first-order valence-electron chi connectivity index (χ1n) is 10.4. The summed E-state index contributed by atoms with van der Waals surface area (Å²) in [7, 11) is -2.22. The van der Waals surface area contributed by atoms with Crippen molar-refractivity contribution in [3.8, 4) is 17.2 Å². The predicted octanol–water partition coefficient (Wildman–Crippen LogP) is 5.83. The second-order valence-electron chi connectivity index (χ2n) is 7.24. The molecule has 8 nitrogen and oxygen atoms in total. The van der Waals surface area contributed by atoms with Gasteiger partial charge in [0.1, 0.15) is 16.4 Å². The van der Waals surface area contributed by atoms with Crippen LogP contribution in [0.25, 0.3) is 0 Å². The molecule has 1 atom stereocenters. The van der Waals surface area contributed by atoms with Gasteiger partial charge in [0.05, 0.1) is 24.0 Å². The summed E-state index contributed by atoms with van der Waals surface area (Å²) < 4.78 is 36.3. The van der Waals surface area contributed by atoms with E-state index in [0.29, 0.717) is 29.4 Å². The summed E-state index contributed by atoms with van der Waals surface area (Å²) >= 11 is 0. The maximum Gasteiger partial charge on any atom is 0.335 e. The van der Waals surface area contributed by atoms with Crippen molar-refractivity contribution in [3.05, 3.63) is 72.3 Å². The van der Waals surface area contributed by atoms with Crippen LogP contribution in [0.2, 0.25) is 0 Å². The molecule has 1 unspecified atom stereocenters. The number of unbranched alkanes of at least 4 members (excludes halogenated alkanes) is 1. The lowest BCUT2D eigenvalue weighted by molar-refractivity contribution is 0.0696. The molecule has 3 rings (SSSR count). The molecule has 0 saturated heterocycles. The number of hydrogen-bond acceptors (Lipinski definition) is 6. The van der Waals surface area contributed by atoms with Gasteiger partial charge in [-0.05, 0) is 42.8 Å². The van der Waals surface area contributed by atoms with Gasteiger partial charge in [-0.3, -0.25) is 4.72 Å². The third kappa shape index (κ3) is 6.17. The normalized spacial score (nSPS) is 12.4. The topological polar surface area (TPSA) is 121 Å². The number of hydrogen-bond donors (Lipinski definition) is 4. The van der Waals surface area contributed by atoms with E-state index in [9.17, 15) is 14.1 Å². The molecule has 0 amide bonds. The van der Waals surface area contributed by atoms with Crippen LogP contribution in [0.1, 0.15) is 30.1 Å². The fraction of sp³-hybridized carbons (Fsp3) is 0.208. The van der Waals surface area contributed by atoms with E-state index in [0.717, 1.165) is 12.8 Å². The summed E-state index contributed by atoms with van der Waals surface area (Å²) in [4.78, 5) is 11.7. The largest absolute Gasteiger partial charge is 0.497 e. The minimum absolute atomic E-state index is 0.0759. The van der Waals surface area contributed by atoms with E-state index < -0.39 is 15.9 Å². The van der Waals surface area contributed by atoms with Gasteiger partial charge < -0.3 is 19.9 Å². The Balaban J connectivity index is 2.13.